The van der Waals surface area contributed by atoms with Gasteiger partial charge in [-0.2, -0.15) is 0 Å². The minimum absolute atomic E-state index is 0.0248. The average molecular weight is 224 g/mol. The molecule has 88 valence electrons. The zero-order valence-corrected chi connectivity index (χ0v) is 9.49. The number of hydrogen-bond donors (Lipinski definition) is 2. The second-order valence-electron chi connectivity index (χ2n) is 3.58. The van der Waals surface area contributed by atoms with E-state index in [1.54, 1.807) is 12.4 Å². The molecule has 0 fully saturated rings. The maximum atomic E-state index is 12.0. The highest BCUT2D eigenvalue weighted by atomic mass is 16.4. The molecule has 0 saturated carbocycles. The summed E-state index contributed by atoms with van der Waals surface area (Å²) >= 11 is 0. The van der Waals surface area contributed by atoms with Crippen molar-refractivity contribution in [2.24, 2.45) is 0 Å². The molecule has 1 aromatic rings. The third kappa shape index (κ3) is 2.85. The van der Waals surface area contributed by atoms with E-state index in [9.17, 15) is 9.59 Å². The van der Waals surface area contributed by atoms with Crippen LogP contribution in [0.15, 0.2) is 12.4 Å². The van der Waals surface area contributed by atoms with Crippen molar-refractivity contribution in [3.05, 3.63) is 23.5 Å². The van der Waals surface area contributed by atoms with Crippen LogP contribution in [-0.4, -0.2) is 40.0 Å². The minimum Gasteiger partial charge on any atom is -0.481 e. The Kier molecular flexibility index (Phi) is 4.10. The maximum absolute atomic E-state index is 12.0. The van der Waals surface area contributed by atoms with Gasteiger partial charge >= 0.3 is 5.97 Å². The van der Waals surface area contributed by atoms with Crippen molar-refractivity contribution in [1.82, 2.24) is 9.88 Å². The number of nitrogens with one attached hydrogen (secondary N) is 1. The monoisotopic (exact) mass is 224 g/mol. The molecule has 5 heteroatoms. The summed E-state index contributed by atoms with van der Waals surface area (Å²) in [5.41, 5.74) is 1.48. The summed E-state index contributed by atoms with van der Waals surface area (Å²) in [4.78, 5) is 26.8. The zero-order chi connectivity index (χ0) is 12.1. The van der Waals surface area contributed by atoms with E-state index < -0.39 is 5.97 Å². The van der Waals surface area contributed by atoms with Crippen LogP contribution in [0.25, 0.3) is 0 Å². The highest BCUT2D eigenvalue weighted by molar-refractivity contribution is 5.95. The van der Waals surface area contributed by atoms with Crippen LogP contribution in [0.1, 0.15) is 29.3 Å². The second-order valence-corrected chi connectivity index (χ2v) is 3.58. The standard InChI is InChI=1S/C11H16N2O3/c1-3-13(5-4-10(14)15)11(16)9-7-12-6-8(9)2/h6-7,12H,3-5H2,1-2H3,(H,14,15). The van der Waals surface area contributed by atoms with Crippen LogP contribution in [0.4, 0.5) is 0 Å². The van der Waals surface area contributed by atoms with Gasteiger partial charge in [-0.25, -0.2) is 0 Å². The Morgan fingerprint density at radius 1 is 1.44 bits per heavy atom. The fourth-order valence-electron chi connectivity index (χ4n) is 1.48. The average Bonchev–Trinajstić information content (AvgIpc) is 2.64. The Morgan fingerprint density at radius 2 is 2.12 bits per heavy atom. The van der Waals surface area contributed by atoms with Gasteiger partial charge in [-0.05, 0) is 19.4 Å². The van der Waals surface area contributed by atoms with Crippen molar-refractivity contribution in [2.45, 2.75) is 20.3 Å². The van der Waals surface area contributed by atoms with Crippen molar-refractivity contribution >= 4 is 11.9 Å². The number of aromatic amines is 1. The van der Waals surface area contributed by atoms with Crippen LogP contribution in [0.3, 0.4) is 0 Å². The van der Waals surface area contributed by atoms with Gasteiger partial charge in [0.25, 0.3) is 5.91 Å². The number of aryl methyl sites for hydroxylation is 1. The molecule has 0 bridgehead atoms. The van der Waals surface area contributed by atoms with E-state index in [1.807, 2.05) is 13.8 Å². The number of aliphatic carboxylic acids is 1. The lowest BCUT2D eigenvalue weighted by molar-refractivity contribution is -0.137. The summed E-state index contributed by atoms with van der Waals surface area (Å²) in [5, 5.41) is 8.58. The summed E-state index contributed by atoms with van der Waals surface area (Å²) in [6, 6.07) is 0. The Hall–Kier alpha value is -1.78. The first-order valence-corrected chi connectivity index (χ1v) is 5.20. The molecule has 0 aliphatic rings. The van der Waals surface area contributed by atoms with E-state index in [0.717, 1.165) is 5.56 Å². The molecule has 0 aliphatic heterocycles. The predicted octanol–water partition coefficient (Wildman–Crippen LogP) is 1.26. The van der Waals surface area contributed by atoms with Crippen LogP contribution >= 0.6 is 0 Å². The van der Waals surface area contributed by atoms with Gasteiger partial charge in [0.05, 0.1) is 12.0 Å². The fraction of sp³-hybridized carbons (Fsp3) is 0.455. The Bertz CT molecular complexity index is 384. The second kappa shape index (κ2) is 5.34. The first kappa shape index (κ1) is 12.3. The smallest absolute Gasteiger partial charge is 0.305 e. The summed E-state index contributed by atoms with van der Waals surface area (Å²) in [6.45, 7) is 4.43. The molecule has 16 heavy (non-hydrogen) atoms. The van der Waals surface area contributed by atoms with Crippen LogP contribution in [0, 0.1) is 6.92 Å². The van der Waals surface area contributed by atoms with E-state index in [2.05, 4.69) is 4.98 Å². The van der Waals surface area contributed by atoms with Gasteiger partial charge in [-0.3, -0.25) is 9.59 Å². The SMILES string of the molecule is CCN(CCC(=O)O)C(=O)c1c[nH]cc1C. The molecular formula is C11H16N2O3. The van der Waals surface area contributed by atoms with Crippen LogP contribution in [0.5, 0.6) is 0 Å². The molecule has 5 nitrogen and oxygen atoms in total. The van der Waals surface area contributed by atoms with Crippen molar-refractivity contribution in [3.63, 3.8) is 0 Å². The van der Waals surface area contributed by atoms with Crippen molar-refractivity contribution in [3.8, 4) is 0 Å². The number of carbonyl (C=O) groups excluding carboxylic acids is 1. The lowest BCUT2D eigenvalue weighted by Crippen LogP contribution is -2.32. The van der Waals surface area contributed by atoms with Crippen LogP contribution in [0.2, 0.25) is 0 Å². The molecule has 0 atom stereocenters. The van der Waals surface area contributed by atoms with Gasteiger partial charge in [0.15, 0.2) is 0 Å². The fourth-order valence-corrected chi connectivity index (χ4v) is 1.48. The first-order chi connectivity index (χ1) is 7.56. The predicted molar refractivity (Wildman–Crippen MR) is 59.4 cm³/mol. The van der Waals surface area contributed by atoms with Gasteiger partial charge in [-0.1, -0.05) is 0 Å². The number of aromatic nitrogens is 1. The number of carboxylic acid groups (broad SMARTS) is 1. The van der Waals surface area contributed by atoms with E-state index >= 15 is 0 Å². The van der Waals surface area contributed by atoms with E-state index in [-0.39, 0.29) is 18.9 Å². The van der Waals surface area contributed by atoms with Crippen molar-refractivity contribution in [2.75, 3.05) is 13.1 Å². The molecule has 1 aromatic heterocycles. The van der Waals surface area contributed by atoms with Crippen LogP contribution < -0.4 is 0 Å². The van der Waals surface area contributed by atoms with Crippen molar-refractivity contribution in [1.29, 1.82) is 0 Å². The van der Waals surface area contributed by atoms with E-state index in [0.29, 0.717) is 12.1 Å². The molecule has 1 amide bonds. The lowest BCUT2D eigenvalue weighted by Gasteiger charge is -2.19. The number of hydrogen-bond acceptors (Lipinski definition) is 2. The maximum Gasteiger partial charge on any atom is 0.305 e. The van der Waals surface area contributed by atoms with Gasteiger partial charge in [0.2, 0.25) is 0 Å². The van der Waals surface area contributed by atoms with E-state index in [1.165, 1.54) is 4.90 Å². The quantitative estimate of drug-likeness (QED) is 0.790. The van der Waals surface area contributed by atoms with Gasteiger partial charge in [0.1, 0.15) is 0 Å². The minimum atomic E-state index is -0.892. The number of rotatable bonds is 5. The lowest BCUT2D eigenvalue weighted by atomic mass is 10.2. The number of carbonyl (C=O) groups is 2. The third-order valence-electron chi connectivity index (χ3n) is 2.45. The number of nitrogens with zero attached hydrogens (tertiary/aromatic N) is 1. The highest BCUT2D eigenvalue weighted by Crippen LogP contribution is 2.10. The molecule has 0 radical (unpaired) electrons. The van der Waals surface area contributed by atoms with Crippen LogP contribution in [-0.2, 0) is 4.79 Å². The van der Waals surface area contributed by atoms with Gasteiger partial charge < -0.3 is 15.0 Å². The largest absolute Gasteiger partial charge is 0.481 e. The summed E-state index contributed by atoms with van der Waals surface area (Å²) in [6.07, 6.45) is 3.36. The third-order valence-corrected chi connectivity index (χ3v) is 2.45. The van der Waals surface area contributed by atoms with E-state index in [4.69, 9.17) is 5.11 Å². The van der Waals surface area contributed by atoms with Gasteiger partial charge in [0, 0.05) is 25.5 Å². The molecule has 0 aromatic carbocycles. The Labute approximate surface area is 94.1 Å². The van der Waals surface area contributed by atoms with Gasteiger partial charge in [-0.15, -0.1) is 0 Å². The number of H-pyrrole nitrogens is 1. The molecule has 0 spiro atoms. The zero-order valence-electron chi connectivity index (χ0n) is 9.49. The number of amides is 1. The molecule has 2 N–H and O–H groups in total. The summed E-state index contributed by atoms with van der Waals surface area (Å²) in [5.74, 6) is -1.01. The first-order valence-electron chi connectivity index (χ1n) is 5.20. The normalized spacial score (nSPS) is 10.1. The molecule has 0 aliphatic carbocycles. The molecule has 0 unspecified atom stereocenters. The van der Waals surface area contributed by atoms with Crippen molar-refractivity contribution < 1.29 is 14.7 Å². The summed E-state index contributed by atoms with van der Waals surface area (Å²) in [7, 11) is 0. The molecular weight excluding hydrogens is 208 g/mol. The number of carboxylic acids is 1. The molecule has 0 saturated heterocycles. The summed E-state index contributed by atoms with van der Waals surface area (Å²) < 4.78 is 0. The topological polar surface area (TPSA) is 73.4 Å². The Balaban J connectivity index is 2.70. The molecule has 1 heterocycles. The highest BCUT2D eigenvalue weighted by Gasteiger charge is 2.17. The molecule has 1 rings (SSSR count). The Morgan fingerprint density at radius 3 is 2.56 bits per heavy atom.